The topological polar surface area (TPSA) is 97.1 Å². The van der Waals surface area contributed by atoms with Gasteiger partial charge in [-0.1, -0.05) is 30.3 Å². The number of nitrogens with one attached hydrogen (secondary N) is 2. The van der Waals surface area contributed by atoms with Crippen LogP contribution in [0.2, 0.25) is 0 Å². The van der Waals surface area contributed by atoms with E-state index in [0.717, 1.165) is 5.56 Å². The van der Waals surface area contributed by atoms with E-state index in [-0.39, 0.29) is 6.04 Å². The minimum atomic E-state index is -0.500. The molecule has 0 unspecified atom stereocenters. The van der Waals surface area contributed by atoms with Gasteiger partial charge in [0.05, 0.1) is 6.21 Å². The molecule has 24 heavy (non-hydrogen) atoms. The Balaban J connectivity index is 2.08. The molecule has 2 N–H and O–H groups in total. The number of hydrogen-bond acceptors (Lipinski definition) is 5. The summed E-state index contributed by atoms with van der Waals surface area (Å²) in [5.41, 5.74) is 3.48. The number of hydrazone groups is 1. The lowest BCUT2D eigenvalue weighted by Crippen LogP contribution is -2.29. The summed E-state index contributed by atoms with van der Waals surface area (Å²) < 4.78 is 3.03. The van der Waals surface area contributed by atoms with E-state index >= 15 is 0 Å². The maximum Gasteiger partial charge on any atom is 0.329 e. The molecule has 0 atom stereocenters. The van der Waals surface area contributed by atoms with E-state index in [0.29, 0.717) is 17.1 Å². The maximum absolute atomic E-state index is 12.2. The van der Waals surface area contributed by atoms with Gasteiger partial charge in [0.1, 0.15) is 0 Å². The quantitative estimate of drug-likeness (QED) is 0.560. The molecule has 3 aromatic rings. The Morgan fingerprint density at radius 2 is 1.96 bits per heavy atom. The normalized spacial score (nSPS) is 11.7. The van der Waals surface area contributed by atoms with Crippen molar-refractivity contribution >= 4 is 23.3 Å². The first-order valence-electron chi connectivity index (χ1n) is 7.54. The van der Waals surface area contributed by atoms with Crippen molar-refractivity contribution in [1.29, 1.82) is 0 Å². The molecule has 0 radical (unpaired) electrons. The zero-order chi connectivity index (χ0) is 17.3. The highest BCUT2D eigenvalue weighted by Crippen LogP contribution is 2.20. The van der Waals surface area contributed by atoms with Crippen LogP contribution in [0.1, 0.15) is 25.5 Å². The summed E-state index contributed by atoms with van der Waals surface area (Å²) in [5, 5.41) is 4.17. The van der Waals surface area contributed by atoms with E-state index in [1.54, 1.807) is 17.8 Å². The summed E-state index contributed by atoms with van der Waals surface area (Å²) in [5.74, 6) is 0.402. The van der Waals surface area contributed by atoms with Crippen LogP contribution >= 0.6 is 0 Å². The van der Waals surface area contributed by atoms with Crippen molar-refractivity contribution in [3.8, 4) is 0 Å². The fraction of sp³-hybridized carbons (Fsp3) is 0.250. The van der Waals surface area contributed by atoms with Crippen LogP contribution in [0, 0.1) is 0 Å². The molecule has 124 valence electrons. The number of benzene rings is 1. The Kier molecular flexibility index (Phi) is 4.03. The van der Waals surface area contributed by atoms with Gasteiger partial charge in [0.25, 0.3) is 5.56 Å². The molecule has 3 rings (SSSR count). The third-order valence-electron chi connectivity index (χ3n) is 3.64. The lowest BCUT2D eigenvalue weighted by Gasteiger charge is -2.11. The Labute approximate surface area is 137 Å². The van der Waals surface area contributed by atoms with Gasteiger partial charge in [-0.2, -0.15) is 10.1 Å². The number of H-pyrrole nitrogens is 1. The second kappa shape index (κ2) is 6.15. The van der Waals surface area contributed by atoms with Gasteiger partial charge < -0.3 is 4.57 Å². The molecular formula is C16H18N6O2. The van der Waals surface area contributed by atoms with Crippen molar-refractivity contribution in [2.24, 2.45) is 12.1 Å². The first kappa shape index (κ1) is 15.7. The van der Waals surface area contributed by atoms with Crippen LogP contribution < -0.4 is 16.7 Å². The molecule has 0 amide bonds. The number of aromatic nitrogens is 4. The minimum Gasteiger partial charge on any atom is -0.300 e. The number of fused-ring (bicyclic) bond motifs is 1. The fourth-order valence-electron chi connectivity index (χ4n) is 2.49. The minimum absolute atomic E-state index is 0.0389. The molecule has 0 bridgehead atoms. The predicted molar refractivity (Wildman–Crippen MR) is 93.6 cm³/mol. The van der Waals surface area contributed by atoms with Crippen LogP contribution in [0.25, 0.3) is 11.2 Å². The zero-order valence-electron chi connectivity index (χ0n) is 13.6. The molecule has 0 spiro atoms. The molecule has 0 fully saturated rings. The van der Waals surface area contributed by atoms with Gasteiger partial charge in [0.15, 0.2) is 11.2 Å². The standard InChI is InChI=1S/C16H18N6O2/c1-10(2)22-12-13(21(3)16(24)19-14(12)23)18-15(22)20-17-9-11-7-5-4-6-8-11/h4-10H,1-3H3,(H,18,20)(H,19,23,24)/b17-9+. The molecule has 0 aliphatic heterocycles. The van der Waals surface area contributed by atoms with Crippen LogP contribution in [-0.2, 0) is 7.05 Å². The Bertz CT molecular complexity index is 1010. The van der Waals surface area contributed by atoms with Crippen molar-refractivity contribution in [3.05, 3.63) is 56.7 Å². The molecule has 8 heteroatoms. The molecule has 0 saturated heterocycles. The average Bonchev–Trinajstić information content (AvgIpc) is 2.94. The first-order valence-corrected chi connectivity index (χ1v) is 7.54. The first-order chi connectivity index (χ1) is 11.5. The van der Waals surface area contributed by atoms with Crippen LogP contribution in [0.5, 0.6) is 0 Å². The van der Waals surface area contributed by atoms with Gasteiger partial charge in [-0.15, -0.1) is 0 Å². The van der Waals surface area contributed by atoms with E-state index in [2.05, 4.69) is 20.5 Å². The summed E-state index contributed by atoms with van der Waals surface area (Å²) in [4.78, 5) is 30.6. The number of aromatic amines is 1. The number of nitrogens with zero attached hydrogens (tertiary/aromatic N) is 4. The number of hydrogen-bond donors (Lipinski definition) is 2. The van der Waals surface area contributed by atoms with Gasteiger partial charge in [-0.05, 0) is 19.4 Å². The van der Waals surface area contributed by atoms with E-state index in [1.165, 1.54) is 4.57 Å². The van der Waals surface area contributed by atoms with Gasteiger partial charge in [-0.25, -0.2) is 10.2 Å². The third kappa shape index (κ3) is 2.73. The highest BCUT2D eigenvalue weighted by atomic mass is 16.2. The Morgan fingerprint density at radius 3 is 2.62 bits per heavy atom. The van der Waals surface area contributed by atoms with Gasteiger partial charge in [-0.3, -0.25) is 14.3 Å². The predicted octanol–water partition coefficient (Wildman–Crippen LogP) is 1.45. The molecule has 1 aromatic carbocycles. The van der Waals surface area contributed by atoms with Crippen molar-refractivity contribution in [3.63, 3.8) is 0 Å². The molecule has 2 aromatic heterocycles. The summed E-state index contributed by atoms with van der Waals surface area (Å²) in [6.45, 7) is 3.86. The van der Waals surface area contributed by atoms with Gasteiger partial charge in [0, 0.05) is 13.1 Å². The fourth-order valence-corrected chi connectivity index (χ4v) is 2.49. The average molecular weight is 326 g/mol. The molecular weight excluding hydrogens is 308 g/mol. The number of rotatable bonds is 4. The van der Waals surface area contributed by atoms with Crippen LogP contribution in [0.15, 0.2) is 45.0 Å². The second-order valence-electron chi connectivity index (χ2n) is 5.67. The summed E-state index contributed by atoms with van der Waals surface area (Å²) in [6.07, 6.45) is 1.66. The SMILES string of the molecule is CC(C)n1c(N/N=C/c2ccccc2)nc2c1c(=O)[nH]c(=O)n2C. The van der Waals surface area contributed by atoms with Crippen molar-refractivity contribution in [2.45, 2.75) is 19.9 Å². The molecule has 8 nitrogen and oxygen atoms in total. The van der Waals surface area contributed by atoms with Crippen LogP contribution in [0.4, 0.5) is 5.95 Å². The lowest BCUT2D eigenvalue weighted by molar-refractivity contribution is 0.620. The molecule has 0 aliphatic carbocycles. The highest BCUT2D eigenvalue weighted by molar-refractivity contribution is 5.80. The van der Waals surface area contributed by atoms with Gasteiger partial charge >= 0.3 is 5.69 Å². The molecule has 0 aliphatic rings. The van der Waals surface area contributed by atoms with E-state index in [4.69, 9.17) is 0 Å². The lowest BCUT2D eigenvalue weighted by atomic mass is 10.2. The van der Waals surface area contributed by atoms with Gasteiger partial charge in [0.2, 0.25) is 5.95 Å². The van der Waals surface area contributed by atoms with Crippen molar-refractivity contribution in [2.75, 3.05) is 5.43 Å². The highest BCUT2D eigenvalue weighted by Gasteiger charge is 2.18. The summed E-state index contributed by atoms with van der Waals surface area (Å²) in [6, 6.07) is 9.56. The van der Waals surface area contributed by atoms with E-state index in [9.17, 15) is 9.59 Å². The summed E-state index contributed by atoms with van der Waals surface area (Å²) >= 11 is 0. The van der Waals surface area contributed by atoms with Crippen LogP contribution in [-0.4, -0.2) is 25.3 Å². The van der Waals surface area contributed by atoms with Crippen LogP contribution in [0.3, 0.4) is 0 Å². The number of anilines is 1. The maximum atomic E-state index is 12.2. The van der Waals surface area contributed by atoms with Crippen molar-refractivity contribution in [1.82, 2.24) is 19.1 Å². The smallest absolute Gasteiger partial charge is 0.300 e. The monoisotopic (exact) mass is 326 g/mol. The van der Waals surface area contributed by atoms with E-state index < -0.39 is 11.2 Å². The Hall–Kier alpha value is -3.16. The number of imidazole rings is 1. The molecule has 0 saturated carbocycles. The third-order valence-corrected chi connectivity index (χ3v) is 3.64. The van der Waals surface area contributed by atoms with Crippen molar-refractivity contribution < 1.29 is 0 Å². The Morgan fingerprint density at radius 1 is 1.25 bits per heavy atom. The second-order valence-corrected chi connectivity index (χ2v) is 5.67. The zero-order valence-corrected chi connectivity index (χ0v) is 13.6. The van der Waals surface area contributed by atoms with E-state index in [1.807, 2.05) is 44.2 Å². The number of aryl methyl sites for hydroxylation is 1. The molecule has 2 heterocycles. The largest absolute Gasteiger partial charge is 0.329 e. The summed E-state index contributed by atoms with van der Waals surface area (Å²) in [7, 11) is 1.56.